The maximum Gasteiger partial charge on any atom is 0.335 e. The van der Waals surface area contributed by atoms with Crippen molar-refractivity contribution >= 4 is 28.9 Å². The van der Waals surface area contributed by atoms with Crippen LogP contribution in [-0.2, 0) is 6.42 Å². The molecule has 0 atom stereocenters. The largest absolute Gasteiger partial charge is 0.478 e. The number of aryl methyl sites for hydroxylation is 1. The van der Waals surface area contributed by atoms with Gasteiger partial charge in [-0.15, -0.1) is 11.3 Å². The lowest BCUT2D eigenvalue weighted by molar-refractivity contribution is 0.0696. The Morgan fingerprint density at radius 1 is 1.32 bits per heavy atom. The number of benzene rings is 1. The lowest BCUT2D eigenvalue weighted by Gasteiger charge is -2.06. The standard InChI is InChI=1S/C14H13NO3S/c1-2-9-6-7-19-12(9)13(16)15-11-5-3-4-10(8-11)14(17)18/h3-8H,2H2,1H3,(H,15,16)(H,17,18). The van der Waals surface area contributed by atoms with Gasteiger partial charge in [-0.3, -0.25) is 4.79 Å². The predicted octanol–water partition coefficient (Wildman–Crippen LogP) is 3.26. The number of rotatable bonds is 4. The molecule has 0 radical (unpaired) electrons. The number of carboxylic acid groups (broad SMARTS) is 1. The van der Waals surface area contributed by atoms with Crippen LogP contribution in [0.3, 0.4) is 0 Å². The van der Waals surface area contributed by atoms with Gasteiger partial charge in [-0.2, -0.15) is 0 Å². The Morgan fingerprint density at radius 3 is 2.79 bits per heavy atom. The highest BCUT2D eigenvalue weighted by molar-refractivity contribution is 7.12. The molecule has 0 aliphatic rings. The van der Waals surface area contributed by atoms with Gasteiger partial charge in [-0.05, 0) is 41.6 Å². The van der Waals surface area contributed by atoms with Crippen LogP contribution in [0.5, 0.6) is 0 Å². The van der Waals surface area contributed by atoms with E-state index in [-0.39, 0.29) is 11.5 Å². The van der Waals surface area contributed by atoms with Crippen molar-refractivity contribution in [3.63, 3.8) is 0 Å². The fourth-order valence-corrected chi connectivity index (χ4v) is 2.62. The van der Waals surface area contributed by atoms with E-state index < -0.39 is 5.97 Å². The van der Waals surface area contributed by atoms with E-state index in [1.165, 1.54) is 23.5 Å². The third-order valence-corrected chi connectivity index (χ3v) is 3.66. The van der Waals surface area contributed by atoms with Crippen molar-refractivity contribution in [1.29, 1.82) is 0 Å². The number of hydrogen-bond acceptors (Lipinski definition) is 3. The second-order valence-electron chi connectivity index (χ2n) is 3.97. The average Bonchev–Trinajstić information content (AvgIpc) is 2.87. The highest BCUT2D eigenvalue weighted by atomic mass is 32.1. The number of anilines is 1. The molecule has 0 fully saturated rings. The van der Waals surface area contributed by atoms with Gasteiger partial charge in [-0.1, -0.05) is 13.0 Å². The van der Waals surface area contributed by atoms with Gasteiger partial charge in [0.05, 0.1) is 10.4 Å². The molecule has 1 heterocycles. The van der Waals surface area contributed by atoms with Gasteiger partial charge < -0.3 is 10.4 Å². The SMILES string of the molecule is CCc1ccsc1C(=O)Nc1cccc(C(=O)O)c1. The van der Waals surface area contributed by atoms with Crippen LogP contribution in [0, 0.1) is 0 Å². The van der Waals surface area contributed by atoms with Gasteiger partial charge in [0.25, 0.3) is 5.91 Å². The van der Waals surface area contributed by atoms with E-state index in [0.29, 0.717) is 10.6 Å². The summed E-state index contributed by atoms with van der Waals surface area (Å²) in [5.41, 5.74) is 1.64. The van der Waals surface area contributed by atoms with E-state index in [9.17, 15) is 9.59 Å². The first kappa shape index (κ1) is 13.3. The summed E-state index contributed by atoms with van der Waals surface area (Å²) >= 11 is 1.38. The fourth-order valence-electron chi connectivity index (χ4n) is 1.73. The van der Waals surface area contributed by atoms with Crippen LogP contribution < -0.4 is 5.32 Å². The molecule has 0 spiro atoms. The van der Waals surface area contributed by atoms with Crippen molar-refractivity contribution in [2.75, 3.05) is 5.32 Å². The summed E-state index contributed by atoms with van der Waals surface area (Å²) in [6.45, 7) is 1.99. The van der Waals surface area contributed by atoms with Crippen LogP contribution in [0.15, 0.2) is 35.7 Å². The molecule has 0 saturated carbocycles. The van der Waals surface area contributed by atoms with E-state index in [1.807, 2.05) is 18.4 Å². The van der Waals surface area contributed by atoms with Crippen molar-refractivity contribution in [2.24, 2.45) is 0 Å². The Hall–Kier alpha value is -2.14. The van der Waals surface area contributed by atoms with Crippen molar-refractivity contribution in [1.82, 2.24) is 0 Å². The van der Waals surface area contributed by atoms with Gasteiger partial charge in [0.1, 0.15) is 0 Å². The van der Waals surface area contributed by atoms with E-state index >= 15 is 0 Å². The number of amides is 1. The molecule has 0 aliphatic carbocycles. The Morgan fingerprint density at radius 2 is 2.11 bits per heavy atom. The zero-order valence-electron chi connectivity index (χ0n) is 10.3. The number of carboxylic acids is 1. The molecule has 2 rings (SSSR count). The zero-order chi connectivity index (χ0) is 13.8. The summed E-state index contributed by atoms with van der Waals surface area (Å²) in [7, 11) is 0. The molecule has 0 bridgehead atoms. The number of hydrogen-bond donors (Lipinski definition) is 2. The summed E-state index contributed by atoms with van der Waals surface area (Å²) in [6.07, 6.45) is 0.793. The second kappa shape index (κ2) is 5.67. The summed E-state index contributed by atoms with van der Waals surface area (Å²) < 4.78 is 0. The maximum atomic E-state index is 12.1. The zero-order valence-corrected chi connectivity index (χ0v) is 11.2. The number of nitrogens with one attached hydrogen (secondary N) is 1. The molecule has 19 heavy (non-hydrogen) atoms. The molecular weight excluding hydrogens is 262 g/mol. The van der Waals surface area contributed by atoms with E-state index in [2.05, 4.69) is 5.32 Å². The highest BCUT2D eigenvalue weighted by Crippen LogP contribution is 2.19. The van der Waals surface area contributed by atoms with Crippen molar-refractivity contribution < 1.29 is 14.7 Å². The van der Waals surface area contributed by atoms with Crippen molar-refractivity contribution in [3.8, 4) is 0 Å². The minimum Gasteiger partial charge on any atom is -0.478 e. The molecule has 1 aromatic carbocycles. The molecule has 0 unspecified atom stereocenters. The van der Waals surface area contributed by atoms with Crippen molar-refractivity contribution in [2.45, 2.75) is 13.3 Å². The lowest BCUT2D eigenvalue weighted by atomic mass is 10.2. The summed E-state index contributed by atoms with van der Waals surface area (Å²) in [5, 5.41) is 13.5. The van der Waals surface area contributed by atoms with Gasteiger partial charge in [0.15, 0.2) is 0 Å². The Kier molecular flexibility index (Phi) is 3.97. The van der Waals surface area contributed by atoms with Gasteiger partial charge in [0.2, 0.25) is 0 Å². The van der Waals surface area contributed by atoms with Crippen LogP contribution in [0.25, 0.3) is 0 Å². The first-order chi connectivity index (χ1) is 9.11. The minimum absolute atomic E-state index is 0.152. The number of aromatic carboxylic acids is 1. The average molecular weight is 275 g/mol. The van der Waals surface area contributed by atoms with Crippen LogP contribution in [0.2, 0.25) is 0 Å². The Bertz CT molecular complexity index is 619. The first-order valence-corrected chi connectivity index (χ1v) is 6.71. The minimum atomic E-state index is -1.01. The molecule has 2 aromatic rings. The number of carbonyl (C=O) groups is 2. The van der Waals surface area contributed by atoms with Crippen LogP contribution in [-0.4, -0.2) is 17.0 Å². The third-order valence-electron chi connectivity index (χ3n) is 2.70. The topological polar surface area (TPSA) is 66.4 Å². The molecule has 1 aromatic heterocycles. The van der Waals surface area contributed by atoms with Crippen LogP contribution in [0.4, 0.5) is 5.69 Å². The summed E-state index contributed by atoms with van der Waals surface area (Å²) in [5.74, 6) is -1.21. The number of thiophene rings is 1. The summed E-state index contributed by atoms with van der Waals surface area (Å²) in [4.78, 5) is 23.6. The lowest BCUT2D eigenvalue weighted by Crippen LogP contribution is -2.12. The van der Waals surface area contributed by atoms with E-state index in [4.69, 9.17) is 5.11 Å². The smallest absolute Gasteiger partial charge is 0.335 e. The fraction of sp³-hybridized carbons (Fsp3) is 0.143. The van der Waals surface area contributed by atoms with Gasteiger partial charge in [-0.25, -0.2) is 4.79 Å². The van der Waals surface area contributed by atoms with E-state index in [1.54, 1.807) is 12.1 Å². The van der Waals surface area contributed by atoms with Crippen LogP contribution >= 0.6 is 11.3 Å². The van der Waals surface area contributed by atoms with Crippen molar-refractivity contribution in [3.05, 3.63) is 51.7 Å². The molecular formula is C14H13NO3S. The number of carbonyl (C=O) groups excluding carboxylic acids is 1. The third kappa shape index (κ3) is 3.00. The van der Waals surface area contributed by atoms with Gasteiger partial charge >= 0.3 is 5.97 Å². The van der Waals surface area contributed by atoms with E-state index in [0.717, 1.165) is 12.0 Å². The predicted molar refractivity (Wildman–Crippen MR) is 75.1 cm³/mol. The molecule has 2 N–H and O–H groups in total. The van der Waals surface area contributed by atoms with Crippen LogP contribution in [0.1, 0.15) is 32.5 Å². The molecule has 0 saturated heterocycles. The molecule has 1 amide bonds. The normalized spacial score (nSPS) is 10.2. The van der Waals surface area contributed by atoms with Gasteiger partial charge in [0, 0.05) is 5.69 Å². The molecule has 98 valence electrons. The molecule has 5 heteroatoms. The quantitative estimate of drug-likeness (QED) is 0.900. The molecule has 0 aliphatic heterocycles. The molecule has 4 nitrogen and oxygen atoms in total. The highest BCUT2D eigenvalue weighted by Gasteiger charge is 2.12. The maximum absolute atomic E-state index is 12.1. The Labute approximate surface area is 114 Å². The second-order valence-corrected chi connectivity index (χ2v) is 4.88. The summed E-state index contributed by atoms with van der Waals surface area (Å²) in [6, 6.07) is 8.13. The first-order valence-electron chi connectivity index (χ1n) is 5.83. The monoisotopic (exact) mass is 275 g/mol. The Balaban J connectivity index is 2.19.